The van der Waals surface area contributed by atoms with Crippen molar-refractivity contribution in [3.05, 3.63) is 74.6 Å². The fraction of sp³-hybridized carbons (Fsp3) is 0.211. The summed E-state index contributed by atoms with van der Waals surface area (Å²) in [5, 5.41) is 4.25. The smallest absolute Gasteiger partial charge is 0.233 e. The van der Waals surface area contributed by atoms with Crippen LogP contribution in [0.2, 0.25) is 0 Å². The van der Waals surface area contributed by atoms with E-state index in [0.29, 0.717) is 5.75 Å². The van der Waals surface area contributed by atoms with E-state index in [9.17, 15) is 4.79 Å². The van der Waals surface area contributed by atoms with Gasteiger partial charge in [-0.1, -0.05) is 24.3 Å². The molecular weight excluding hydrogens is 354 g/mol. The lowest BCUT2D eigenvalue weighted by Gasteiger charge is -2.35. The maximum Gasteiger partial charge on any atom is 0.233 e. The Kier molecular flexibility index (Phi) is 4.74. The van der Waals surface area contributed by atoms with Crippen LogP contribution in [0.3, 0.4) is 0 Å². The average molecular weight is 372 g/mol. The first-order valence-corrected chi connectivity index (χ1v) is 10.6. The van der Waals surface area contributed by atoms with Gasteiger partial charge in [-0.3, -0.25) is 4.79 Å². The normalized spacial score (nSPS) is 16.8. The number of thioether (sulfide) groups is 1. The molecule has 3 heterocycles. The summed E-state index contributed by atoms with van der Waals surface area (Å²) < 4.78 is 0. The van der Waals surface area contributed by atoms with Gasteiger partial charge in [-0.25, -0.2) is 0 Å². The predicted molar refractivity (Wildman–Crippen MR) is 103 cm³/mol. The number of carbonyl (C=O) groups is 1. The fourth-order valence-electron chi connectivity index (χ4n) is 3.08. The van der Waals surface area contributed by atoms with Crippen LogP contribution < -0.4 is 0 Å². The second kappa shape index (κ2) is 7.13. The van der Waals surface area contributed by atoms with Gasteiger partial charge in [0.25, 0.3) is 0 Å². The Morgan fingerprint density at radius 1 is 1.08 bits per heavy atom. The molecule has 0 unspecified atom stereocenters. The maximum atomic E-state index is 12.9. The number of benzene rings is 1. The molecule has 0 bridgehead atoms. The molecule has 0 N–H and O–H groups in total. The minimum atomic E-state index is 0.0869. The molecule has 24 heavy (non-hydrogen) atoms. The summed E-state index contributed by atoms with van der Waals surface area (Å²) in [4.78, 5) is 18.8. The largest absolute Gasteiger partial charge is 0.330 e. The molecule has 0 saturated heterocycles. The van der Waals surface area contributed by atoms with Crippen molar-refractivity contribution in [2.75, 3.05) is 12.3 Å². The van der Waals surface area contributed by atoms with Gasteiger partial charge in [-0.2, -0.15) is 0 Å². The van der Waals surface area contributed by atoms with E-state index in [2.05, 4.69) is 46.0 Å². The van der Waals surface area contributed by atoms with E-state index in [0.717, 1.165) is 17.9 Å². The summed E-state index contributed by atoms with van der Waals surface area (Å²) in [5.41, 5.74) is 1.31. The zero-order valence-corrected chi connectivity index (χ0v) is 15.5. The summed E-state index contributed by atoms with van der Waals surface area (Å²) >= 11 is 5.17. The lowest BCUT2D eigenvalue weighted by atomic mass is 9.98. The SMILES string of the molecule is O=C(CSc1ccccc1)N1CCc2sccc2[C@H]1c1cccs1. The molecule has 2 nitrogen and oxygen atoms in total. The van der Waals surface area contributed by atoms with Crippen molar-refractivity contribution in [3.63, 3.8) is 0 Å². The lowest BCUT2D eigenvalue weighted by Crippen LogP contribution is -2.40. The summed E-state index contributed by atoms with van der Waals surface area (Å²) in [6.45, 7) is 0.810. The van der Waals surface area contributed by atoms with Gasteiger partial charge in [0, 0.05) is 21.2 Å². The second-order valence-electron chi connectivity index (χ2n) is 5.66. The Labute approximate surface area is 154 Å². The molecule has 4 rings (SSSR count). The molecule has 3 aromatic rings. The number of rotatable bonds is 4. The molecule has 1 amide bonds. The summed E-state index contributed by atoms with van der Waals surface area (Å²) in [6.07, 6.45) is 0.969. The molecule has 0 fully saturated rings. The first kappa shape index (κ1) is 15.9. The molecule has 122 valence electrons. The Morgan fingerprint density at radius 3 is 2.75 bits per heavy atom. The third-order valence-corrected chi connectivity index (χ3v) is 7.12. The van der Waals surface area contributed by atoms with Gasteiger partial charge in [0.05, 0.1) is 11.8 Å². The Hall–Kier alpha value is -1.56. The maximum absolute atomic E-state index is 12.9. The van der Waals surface area contributed by atoms with Crippen LogP contribution in [0.5, 0.6) is 0 Å². The summed E-state index contributed by atoms with van der Waals surface area (Å²) in [7, 11) is 0. The number of nitrogens with zero attached hydrogens (tertiary/aromatic N) is 1. The standard InChI is InChI=1S/C19H17NOS3/c21-18(13-24-14-5-2-1-3-6-14)20-10-8-16-15(9-12-23-16)19(20)17-7-4-11-22-17/h1-7,9,11-12,19H,8,10,13H2/t19-/m0/s1. The Balaban J connectivity index is 1.56. The van der Waals surface area contributed by atoms with Gasteiger partial charge in [-0.15, -0.1) is 34.4 Å². The van der Waals surface area contributed by atoms with Crippen LogP contribution >= 0.6 is 34.4 Å². The zero-order valence-electron chi connectivity index (χ0n) is 13.1. The zero-order chi connectivity index (χ0) is 16.4. The highest BCUT2D eigenvalue weighted by Crippen LogP contribution is 2.39. The van der Waals surface area contributed by atoms with E-state index in [1.807, 2.05) is 29.5 Å². The van der Waals surface area contributed by atoms with Crippen LogP contribution in [-0.2, 0) is 11.2 Å². The van der Waals surface area contributed by atoms with Gasteiger partial charge >= 0.3 is 0 Å². The van der Waals surface area contributed by atoms with Crippen molar-refractivity contribution < 1.29 is 4.79 Å². The van der Waals surface area contributed by atoms with E-state index in [4.69, 9.17) is 0 Å². The van der Waals surface area contributed by atoms with Crippen LogP contribution in [0.25, 0.3) is 0 Å². The number of hydrogen-bond acceptors (Lipinski definition) is 4. The molecule has 1 atom stereocenters. The average Bonchev–Trinajstić information content (AvgIpc) is 3.31. The first-order chi connectivity index (χ1) is 11.8. The quantitative estimate of drug-likeness (QED) is 0.596. The molecular formula is C19H17NOS3. The lowest BCUT2D eigenvalue weighted by molar-refractivity contribution is -0.130. The summed E-state index contributed by atoms with van der Waals surface area (Å²) in [6, 6.07) is 16.6. The minimum Gasteiger partial charge on any atom is -0.330 e. The number of hydrogen-bond donors (Lipinski definition) is 0. The number of thiophene rings is 2. The monoisotopic (exact) mass is 371 g/mol. The van der Waals surface area contributed by atoms with Crippen molar-refractivity contribution in [2.24, 2.45) is 0 Å². The van der Waals surface area contributed by atoms with Crippen LogP contribution in [0.15, 0.2) is 64.2 Å². The molecule has 2 aromatic heterocycles. The van der Waals surface area contributed by atoms with E-state index in [1.165, 1.54) is 15.3 Å². The molecule has 0 spiro atoms. The minimum absolute atomic E-state index is 0.0869. The van der Waals surface area contributed by atoms with Gasteiger partial charge in [0.15, 0.2) is 0 Å². The van der Waals surface area contributed by atoms with Crippen molar-refractivity contribution >= 4 is 40.3 Å². The van der Waals surface area contributed by atoms with Crippen molar-refractivity contribution in [3.8, 4) is 0 Å². The number of carbonyl (C=O) groups excluding carboxylic acids is 1. The molecule has 1 aliphatic rings. The van der Waals surface area contributed by atoms with Gasteiger partial charge in [-0.05, 0) is 47.0 Å². The Bertz CT molecular complexity index is 810. The van der Waals surface area contributed by atoms with E-state index >= 15 is 0 Å². The van der Waals surface area contributed by atoms with Gasteiger partial charge in [0.1, 0.15) is 0 Å². The van der Waals surface area contributed by atoms with Crippen LogP contribution in [0.4, 0.5) is 0 Å². The van der Waals surface area contributed by atoms with Crippen LogP contribution in [0.1, 0.15) is 21.4 Å². The van der Waals surface area contributed by atoms with Gasteiger partial charge < -0.3 is 4.90 Å². The van der Waals surface area contributed by atoms with Crippen LogP contribution in [-0.4, -0.2) is 23.1 Å². The third kappa shape index (κ3) is 3.16. The van der Waals surface area contributed by atoms with Gasteiger partial charge in [0.2, 0.25) is 5.91 Å². The van der Waals surface area contributed by atoms with Crippen molar-refractivity contribution in [1.29, 1.82) is 0 Å². The molecule has 0 saturated carbocycles. The third-order valence-electron chi connectivity index (χ3n) is 4.20. The van der Waals surface area contributed by atoms with E-state index < -0.39 is 0 Å². The molecule has 1 aromatic carbocycles. The molecule has 0 aliphatic carbocycles. The topological polar surface area (TPSA) is 20.3 Å². The Morgan fingerprint density at radius 2 is 1.96 bits per heavy atom. The molecule has 1 aliphatic heterocycles. The van der Waals surface area contributed by atoms with Crippen molar-refractivity contribution in [1.82, 2.24) is 4.90 Å². The highest BCUT2D eigenvalue weighted by molar-refractivity contribution is 8.00. The van der Waals surface area contributed by atoms with Crippen molar-refractivity contribution in [2.45, 2.75) is 17.4 Å². The van der Waals surface area contributed by atoms with E-state index in [-0.39, 0.29) is 11.9 Å². The molecule has 5 heteroatoms. The second-order valence-corrected chi connectivity index (χ2v) is 8.68. The van der Waals surface area contributed by atoms with E-state index in [1.54, 1.807) is 23.1 Å². The predicted octanol–water partition coefficient (Wildman–Crippen LogP) is 5.08. The summed E-state index contributed by atoms with van der Waals surface area (Å²) in [5.74, 6) is 0.713. The highest BCUT2D eigenvalue weighted by Gasteiger charge is 2.33. The van der Waals surface area contributed by atoms with Crippen LogP contribution in [0, 0.1) is 0 Å². The fourth-order valence-corrected chi connectivity index (χ4v) is 5.65. The highest BCUT2D eigenvalue weighted by atomic mass is 32.2. The first-order valence-electron chi connectivity index (χ1n) is 7.90. The number of fused-ring (bicyclic) bond motifs is 1. The molecule has 0 radical (unpaired) electrons. The number of amides is 1.